The van der Waals surface area contributed by atoms with Crippen LogP contribution in [0.2, 0.25) is 0 Å². The van der Waals surface area contributed by atoms with Crippen molar-refractivity contribution in [2.45, 2.75) is 19.1 Å². The van der Waals surface area contributed by atoms with Gasteiger partial charge in [0.05, 0.1) is 6.33 Å². The Morgan fingerprint density at radius 2 is 1.69 bits per heavy atom. The molecule has 0 aliphatic carbocycles. The van der Waals surface area contributed by atoms with E-state index in [0.29, 0.717) is 29.8 Å². The lowest BCUT2D eigenvalue weighted by Crippen LogP contribution is -2.35. The number of fused-ring (bicyclic) bond motifs is 1. The van der Waals surface area contributed by atoms with Crippen molar-refractivity contribution in [3.8, 4) is 5.75 Å². The molecule has 172 valence electrons. The van der Waals surface area contributed by atoms with E-state index in [9.17, 15) is 22.4 Å². The number of amides is 1. The zero-order chi connectivity index (χ0) is 23.7. The van der Waals surface area contributed by atoms with E-state index in [1.807, 2.05) is 17.0 Å². The molecule has 0 aromatic heterocycles. The Balaban J connectivity index is 0.000000451. The number of nitrogens with zero attached hydrogens (tertiary/aromatic N) is 1. The lowest BCUT2D eigenvalue weighted by molar-refractivity contribution is -0.192. The molecule has 2 aromatic rings. The third-order valence-electron chi connectivity index (χ3n) is 4.60. The average Bonchev–Trinajstić information content (AvgIpc) is 2.79. The number of alkyl halides is 3. The van der Waals surface area contributed by atoms with Crippen LogP contribution in [0.3, 0.4) is 0 Å². The summed E-state index contributed by atoms with van der Waals surface area (Å²) in [4.78, 5) is 23.4. The summed E-state index contributed by atoms with van der Waals surface area (Å²) in [5, 5.41) is 7.12. The third kappa shape index (κ3) is 7.09. The maximum Gasteiger partial charge on any atom is 0.490 e. The molecule has 10 heteroatoms. The van der Waals surface area contributed by atoms with Crippen molar-refractivity contribution in [2.75, 3.05) is 19.7 Å². The van der Waals surface area contributed by atoms with Crippen LogP contribution >= 0.6 is 0 Å². The second-order valence-electron chi connectivity index (χ2n) is 6.83. The number of rotatable bonds is 5. The van der Waals surface area contributed by atoms with Gasteiger partial charge in [0, 0.05) is 30.8 Å². The molecule has 6 nitrogen and oxygen atoms in total. The molecular formula is C22H22F4N2O4. The highest BCUT2D eigenvalue weighted by molar-refractivity contribution is 5.94. The molecule has 1 heterocycles. The molecule has 0 atom stereocenters. The van der Waals surface area contributed by atoms with E-state index in [2.05, 4.69) is 12.1 Å². The van der Waals surface area contributed by atoms with Crippen LogP contribution in [0.15, 0.2) is 60.4 Å². The van der Waals surface area contributed by atoms with Crippen molar-refractivity contribution in [1.82, 2.24) is 4.90 Å². The number of carbonyl (C=O) groups is 2. The standard InChI is InChI=1S/C20H21FN2O2.C2HF3O2/c21-11-15(12-22)14-25-19-7-5-17(6-8-19)20(24)23-10-9-16-3-1-2-4-18(16)13-23;3-2(4,5)1(6)7/h1-8,11H,9-10,12-14,22H2;(H,6,7)/b15-11-;. The van der Waals surface area contributed by atoms with E-state index in [-0.39, 0.29) is 19.1 Å². The number of hydrogen-bond acceptors (Lipinski definition) is 4. The smallest absolute Gasteiger partial charge is 0.489 e. The predicted octanol–water partition coefficient (Wildman–Crippen LogP) is 3.71. The summed E-state index contributed by atoms with van der Waals surface area (Å²) in [7, 11) is 0. The lowest BCUT2D eigenvalue weighted by atomic mass is 9.99. The van der Waals surface area contributed by atoms with Crippen LogP contribution in [0, 0.1) is 0 Å². The Labute approximate surface area is 181 Å². The van der Waals surface area contributed by atoms with Gasteiger partial charge in [0.2, 0.25) is 0 Å². The van der Waals surface area contributed by atoms with Gasteiger partial charge in [-0.3, -0.25) is 4.79 Å². The zero-order valence-electron chi connectivity index (χ0n) is 16.9. The molecule has 0 saturated carbocycles. The minimum absolute atomic E-state index is 0.00681. The Hall–Kier alpha value is -3.40. The molecule has 0 saturated heterocycles. The Kier molecular flexibility index (Phi) is 8.77. The summed E-state index contributed by atoms with van der Waals surface area (Å²) in [5.41, 5.74) is 8.90. The van der Waals surface area contributed by atoms with Gasteiger partial charge in [-0.25, -0.2) is 9.18 Å². The fraction of sp³-hybridized carbons (Fsp3) is 0.273. The number of halogens is 4. The third-order valence-corrected chi connectivity index (χ3v) is 4.60. The monoisotopic (exact) mass is 454 g/mol. The van der Waals surface area contributed by atoms with Gasteiger partial charge in [0.15, 0.2) is 0 Å². The van der Waals surface area contributed by atoms with Crippen molar-refractivity contribution >= 4 is 11.9 Å². The highest BCUT2D eigenvalue weighted by Gasteiger charge is 2.38. The van der Waals surface area contributed by atoms with Gasteiger partial charge in [0.25, 0.3) is 5.91 Å². The Morgan fingerprint density at radius 1 is 1.09 bits per heavy atom. The fourth-order valence-electron chi connectivity index (χ4n) is 2.86. The van der Waals surface area contributed by atoms with Gasteiger partial charge in [-0.2, -0.15) is 13.2 Å². The first kappa shape index (κ1) is 24.9. The number of hydrogen-bond donors (Lipinski definition) is 2. The first-order valence-electron chi connectivity index (χ1n) is 9.53. The Morgan fingerprint density at radius 3 is 2.22 bits per heavy atom. The highest BCUT2D eigenvalue weighted by atomic mass is 19.4. The van der Waals surface area contributed by atoms with E-state index in [4.69, 9.17) is 20.4 Å². The molecule has 0 unspecified atom stereocenters. The van der Waals surface area contributed by atoms with Crippen molar-refractivity contribution in [3.63, 3.8) is 0 Å². The lowest BCUT2D eigenvalue weighted by Gasteiger charge is -2.29. The van der Waals surface area contributed by atoms with Crippen molar-refractivity contribution < 1.29 is 37.0 Å². The summed E-state index contributed by atoms with van der Waals surface area (Å²) in [6.45, 7) is 1.57. The highest BCUT2D eigenvalue weighted by Crippen LogP contribution is 2.21. The Bertz CT molecular complexity index is 959. The average molecular weight is 454 g/mol. The van der Waals surface area contributed by atoms with Crippen molar-refractivity contribution in [1.29, 1.82) is 0 Å². The maximum atomic E-state index is 12.7. The van der Waals surface area contributed by atoms with Crippen LogP contribution in [-0.2, 0) is 17.8 Å². The van der Waals surface area contributed by atoms with Crippen molar-refractivity contribution in [3.05, 3.63) is 77.1 Å². The predicted molar refractivity (Wildman–Crippen MR) is 109 cm³/mol. The first-order chi connectivity index (χ1) is 15.2. The second kappa shape index (κ2) is 11.3. The summed E-state index contributed by atoms with van der Waals surface area (Å²) in [6, 6.07) is 15.1. The fourth-order valence-corrected chi connectivity index (χ4v) is 2.86. The first-order valence-corrected chi connectivity index (χ1v) is 9.53. The molecule has 0 bridgehead atoms. The van der Waals surface area contributed by atoms with E-state index >= 15 is 0 Å². The van der Waals surface area contributed by atoms with Crippen LogP contribution in [0.4, 0.5) is 17.6 Å². The number of carboxylic acids is 1. The number of benzene rings is 2. The molecule has 3 rings (SSSR count). The zero-order valence-corrected chi connectivity index (χ0v) is 16.9. The van der Waals surface area contributed by atoms with Gasteiger partial charge >= 0.3 is 12.1 Å². The second-order valence-corrected chi connectivity index (χ2v) is 6.83. The van der Waals surface area contributed by atoms with Crippen LogP contribution < -0.4 is 10.5 Å². The van der Waals surface area contributed by atoms with Gasteiger partial charge in [0.1, 0.15) is 12.4 Å². The number of carboxylic acid groups (broad SMARTS) is 1. The summed E-state index contributed by atoms with van der Waals surface area (Å²) in [5.74, 6) is -2.17. The van der Waals surface area contributed by atoms with Gasteiger partial charge in [-0.1, -0.05) is 24.3 Å². The van der Waals surface area contributed by atoms with E-state index in [0.717, 1.165) is 13.0 Å². The van der Waals surface area contributed by atoms with E-state index < -0.39 is 12.1 Å². The molecule has 1 aliphatic rings. The largest absolute Gasteiger partial charge is 0.490 e. The van der Waals surface area contributed by atoms with Crippen LogP contribution in [0.25, 0.3) is 0 Å². The molecule has 1 amide bonds. The maximum absolute atomic E-state index is 12.7. The van der Waals surface area contributed by atoms with Gasteiger partial charge in [-0.15, -0.1) is 0 Å². The molecule has 2 aromatic carbocycles. The molecule has 0 spiro atoms. The number of aliphatic carboxylic acids is 1. The number of ether oxygens (including phenoxy) is 1. The van der Waals surface area contributed by atoms with Crippen molar-refractivity contribution in [2.24, 2.45) is 5.73 Å². The van der Waals surface area contributed by atoms with Crippen LogP contribution in [0.1, 0.15) is 21.5 Å². The summed E-state index contributed by atoms with van der Waals surface area (Å²) in [6.07, 6.45) is -3.74. The SMILES string of the molecule is NC/C(=C/F)COc1ccc(C(=O)N2CCc3ccccc3C2)cc1.O=C(O)C(F)(F)F. The van der Waals surface area contributed by atoms with E-state index in [1.165, 1.54) is 11.1 Å². The minimum Gasteiger partial charge on any atom is -0.489 e. The van der Waals surface area contributed by atoms with Crippen LogP contribution in [-0.4, -0.2) is 47.8 Å². The summed E-state index contributed by atoms with van der Waals surface area (Å²) >= 11 is 0. The number of carbonyl (C=O) groups excluding carboxylic acids is 1. The normalized spacial score (nSPS) is 13.5. The molecule has 32 heavy (non-hydrogen) atoms. The quantitative estimate of drug-likeness (QED) is 0.672. The molecule has 0 fully saturated rings. The topological polar surface area (TPSA) is 92.9 Å². The van der Waals surface area contributed by atoms with Gasteiger partial charge in [-0.05, 0) is 41.8 Å². The van der Waals surface area contributed by atoms with Gasteiger partial charge < -0.3 is 20.5 Å². The molecule has 3 N–H and O–H groups in total. The number of nitrogens with two attached hydrogens (primary N) is 1. The summed E-state index contributed by atoms with van der Waals surface area (Å²) < 4.78 is 49.7. The van der Waals surface area contributed by atoms with E-state index in [1.54, 1.807) is 24.3 Å². The molecular weight excluding hydrogens is 432 g/mol. The van der Waals surface area contributed by atoms with Crippen LogP contribution in [0.5, 0.6) is 5.75 Å². The molecule has 1 aliphatic heterocycles. The molecule has 0 radical (unpaired) electrons. The minimum atomic E-state index is -5.08.